The Morgan fingerprint density at radius 3 is 1.95 bits per heavy atom. The monoisotopic (exact) mass is 262 g/mol. The average molecular weight is 262 g/mol. The quantitative estimate of drug-likeness (QED) is 0.800. The van der Waals surface area contributed by atoms with Crippen LogP contribution in [0.4, 0.5) is 0 Å². The van der Waals surface area contributed by atoms with Gasteiger partial charge in [0.25, 0.3) is 0 Å². The Morgan fingerprint density at radius 1 is 0.850 bits per heavy atom. The summed E-state index contributed by atoms with van der Waals surface area (Å²) >= 11 is 0. The van der Waals surface area contributed by atoms with Crippen molar-refractivity contribution >= 4 is 5.78 Å². The molecular formula is C19H18O. The molecule has 0 N–H and O–H groups in total. The Bertz CT molecular complexity index is 590. The highest BCUT2D eigenvalue weighted by atomic mass is 16.1. The van der Waals surface area contributed by atoms with Crippen molar-refractivity contribution in [1.82, 2.24) is 0 Å². The van der Waals surface area contributed by atoms with Gasteiger partial charge in [-0.05, 0) is 29.9 Å². The van der Waals surface area contributed by atoms with E-state index in [0.29, 0.717) is 17.6 Å². The highest BCUT2D eigenvalue weighted by molar-refractivity contribution is 5.86. The fourth-order valence-corrected chi connectivity index (χ4v) is 4.14. The molecule has 0 radical (unpaired) electrons. The van der Waals surface area contributed by atoms with E-state index in [1.165, 1.54) is 11.1 Å². The predicted octanol–water partition coefficient (Wildman–Crippen LogP) is 3.97. The van der Waals surface area contributed by atoms with Crippen LogP contribution in [-0.2, 0) is 10.2 Å². The number of carbonyl (C=O) groups excluding carboxylic acids is 1. The van der Waals surface area contributed by atoms with E-state index in [1.807, 2.05) is 0 Å². The molecular weight excluding hydrogens is 244 g/mol. The second-order valence-corrected chi connectivity index (χ2v) is 6.12. The third-order valence-corrected chi connectivity index (χ3v) is 5.18. The highest BCUT2D eigenvalue weighted by Gasteiger charge is 2.59. The van der Waals surface area contributed by atoms with E-state index in [-0.39, 0.29) is 5.41 Å². The van der Waals surface area contributed by atoms with Gasteiger partial charge in [-0.3, -0.25) is 4.79 Å². The van der Waals surface area contributed by atoms with Crippen molar-refractivity contribution in [2.75, 3.05) is 0 Å². The molecule has 100 valence electrons. The number of rotatable bonds is 2. The van der Waals surface area contributed by atoms with Gasteiger partial charge in [-0.15, -0.1) is 0 Å². The summed E-state index contributed by atoms with van der Waals surface area (Å²) in [5, 5.41) is 0. The maximum atomic E-state index is 12.0. The van der Waals surface area contributed by atoms with Gasteiger partial charge in [0.1, 0.15) is 5.78 Å². The lowest BCUT2D eigenvalue weighted by Crippen LogP contribution is -2.36. The topological polar surface area (TPSA) is 17.1 Å². The van der Waals surface area contributed by atoms with Crippen molar-refractivity contribution in [3.05, 3.63) is 71.8 Å². The molecule has 0 saturated heterocycles. The lowest BCUT2D eigenvalue weighted by atomic mass is 9.64. The van der Waals surface area contributed by atoms with E-state index in [0.717, 1.165) is 19.3 Å². The summed E-state index contributed by atoms with van der Waals surface area (Å²) in [4.78, 5) is 12.0. The first-order valence-electron chi connectivity index (χ1n) is 7.46. The smallest absolute Gasteiger partial charge is 0.136 e. The zero-order valence-corrected chi connectivity index (χ0v) is 11.5. The molecule has 0 aliphatic heterocycles. The van der Waals surface area contributed by atoms with Crippen molar-refractivity contribution in [3.63, 3.8) is 0 Å². The zero-order chi connectivity index (χ0) is 13.6. The summed E-state index contributed by atoms with van der Waals surface area (Å²) in [5.74, 6) is 1.30. The van der Waals surface area contributed by atoms with Gasteiger partial charge in [0.15, 0.2) is 0 Å². The molecule has 2 aliphatic carbocycles. The minimum atomic E-state index is 0.0566. The molecule has 2 unspecified atom stereocenters. The van der Waals surface area contributed by atoms with Crippen molar-refractivity contribution in [1.29, 1.82) is 0 Å². The molecule has 2 fully saturated rings. The molecule has 1 heteroatoms. The summed E-state index contributed by atoms with van der Waals surface area (Å²) < 4.78 is 0. The molecule has 0 amide bonds. The van der Waals surface area contributed by atoms with Gasteiger partial charge in [-0.2, -0.15) is 0 Å². The van der Waals surface area contributed by atoms with Gasteiger partial charge in [0.2, 0.25) is 0 Å². The standard InChI is InChI=1S/C19H18O/c20-18-11-12-19(17-13-16(17)18,14-7-3-1-4-8-14)15-9-5-2-6-10-15/h1-10,16-17H,11-13H2. The Balaban J connectivity index is 1.89. The lowest BCUT2D eigenvalue weighted by molar-refractivity contribution is -0.122. The predicted molar refractivity (Wildman–Crippen MR) is 79.5 cm³/mol. The molecule has 1 nitrogen and oxygen atoms in total. The van der Waals surface area contributed by atoms with Crippen LogP contribution in [0.25, 0.3) is 0 Å². The molecule has 2 aromatic carbocycles. The van der Waals surface area contributed by atoms with Gasteiger partial charge in [0.05, 0.1) is 0 Å². The average Bonchev–Trinajstić information content (AvgIpc) is 3.32. The van der Waals surface area contributed by atoms with Crippen LogP contribution in [0.15, 0.2) is 60.7 Å². The van der Waals surface area contributed by atoms with Crippen molar-refractivity contribution in [3.8, 4) is 0 Å². The van der Waals surface area contributed by atoms with Crippen LogP contribution in [0, 0.1) is 11.8 Å². The Hall–Kier alpha value is -1.89. The molecule has 4 rings (SSSR count). The van der Waals surface area contributed by atoms with E-state index >= 15 is 0 Å². The molecule has 2 aromatic rings. The number of ketones is 1. The number of carbonyl (C=O) groups is 1. The van der Waals surface area contributed by atoms with Crippen LogP contribution in [-0.4, -0.2) is 5.78 Å². The number of Topliss-reactive ketones (excluding diaryl/α,β-unsaturated/α-hetero) is 1. The minimum Gasteiger partial charge on any atom is -0.299 e. The normalized spacial score (nSPS) is 26.9. The first kappa shape index (κ1) is 11.9. The molecule has 20 heavy (non-hydrogen) atoms. The van der Waals surface area contributed by atoms with Crippen LogP contribution in [0.2, 0.25) is 0 Å². The maximum Gasteiger partial charge on any atom is 0.136 e. The van der Waals surface area contributed by atoms with Crippen molar-refractivity contribution in [2.45, 2.75) is 24.7 Å². The van der Waals surface area contributed by atoms with Crippen LogP contribution in [0.5, 0.6) is 0 Å². The molecule has 0 bridgehead atoms. The number of fused-ring (bicyclic) bond motifs is 1. The second kappa shape index (κ2) is 4.31. The summed E-state index contributed by atoms with van der Waals surface area (Å²) in [7, 11) is 0. The van der Waals surface area contributed by atoms with Gasteiger partial charge >= 0.3 is 0 Å². The summed E-state index contributed by atoms with van der Waals surface area (Å²) in [6.45, 7) is 0. The Morgan fingerprint density at radius 2 is 1.40 bits per heavy atom. The van der Waals surface area contributed by atoms with Gasteiger partial charge < -0.3 is 0 Å². The minimum absolute atomic E-state index is 0.0566. The van der Waals surface area contributed by atoms with E-state index in [2.05, 4.69) is 60.7 Å². The largest absolute Gasteiger partial charge is 0.299 e. The summed E-state index contributed by atoms with van der Waals surface area (Å²) in [6, 6.07) is 21.6. The number of hydrogen-bond donors (Lipinski definition) is 0. The number of benzene rings is 2. The fourth-order valence-electron chi connectivity index (χ4n) is 4.14. The van der Waals surface area contributed by atoms with Gasteiger partial charge in [0, 0.05) is 17.8 Å². The molecule has 2 saturated carbocycles. The SMILES string of the molecule is O=C1CCC(c2ccccc2)(c2ccccc2)C2CC12. The van der Waals surface area contributed by atoms with Crippen LogP contribution in [0.1, 0.15) is 30.4 Å². The van der Waals surface area contributed by atoms with E-state index in [9.17, 15) is 4.79 Å². The molecule has 2 aliphatic rings. The molecule has 0 aromatic heterocycles. The van der Waals surface area contributed by atoms with Crippen molar-refractivity contribution in [2.24, 2.45) is 11.8 Å². The first-order chi connectivity index (χ1) is 9.82. The van der Waals surface area contributed by atoms with E-state index < -0.39 is 0 Å². The van der Waals surface area contributed by atoms with Crippen molar-refractivity contribution < 1.29 is 4.79 Å². The molecule has 0 heterocycles. The molecule has 2 atom stereocenters. The van der Waals surface area contributed by atoms with Crippen LogP contribution in [0.3, 0.4) is 0 Å². The van der Waals surface area contributed by atoms with Gasteiger partial charge in [-0.1, -0.05) is 60.7 Å². The van der Waals surface area contributed by atoms with Gasteiger partial charge in [-0.25, -0.2) is 0 Å². The van der Waals surface area contributed by atoms with Crippen LogP contribution >= 0.6 is 0 Å². The second-order valence-electron chi connectivity index (χ2n) is 6.12. The van der Waals surface area contributed by atoms with E-state index in [1.54, 1.807) is 0 Å². The maximum absolute atomic E-state index is 12.0. The zero-order valence-electron chi connectivity index (χ0n) is 11.5. The Kier molecular flexibility index (Phi) is 2.56. The summed E-state index contributed by atoms with van der Waals surface area (Å²) in [5.41, 5.74) is 2.82. The summed E-state index contributed by atoms with van der Waals surface area (Å²) in [6.07, 6.45) is 2.76. The first-order valence-corrected chi connectivity index (χ1v) is 7.46. The lowest BCUT2D eigenvalue weighted by Gasteiger charge is -2.38. The van der Waals surface area contributed by atoms with Crippen LogP contribution < -0.4 is 0 Å². The van der Waals surface area contributed by atoms with E-state index in [4.69, 9.17) is 0 Å². The molecule has 0 spiro atoms. The number of hydrogen-bond acceptors (Lipinski definition) is 1. The highest BCUT2D eigenvalue weighted by Crippen LogP contribution is 2.61. The third-order valence-electron chi connectivity index (χ3n) is 5.18. The fraction of sp³-hybridized carbons (Fsp3) is 0.316. The third kappa shape index (κ3) is 1.59. The Labute approximate surface area is 119 Å².